The van der Waals surface area contributed by atoms with Gasteiger partial charge in [-0.25, -0.2) is 0 Å². The van der Waals surface area contributed by atoms with Gasteiger partial charge in [0.2, 0.25) is 0 Å². The highest BCUT2D eigenvalue weighted by Gasteiger charge is 2.33. The minimum Gasteiger partial charge on any atom is -0.324 e. The Labute approximate surface area is 86.4 Å². The number of hydrogen-bond donors (Lipinski definition) is 2. The van der Waals surface area contributed by atoms with Crippen molar-refractivity contribution >= 4 is 28.3 Å². The summed E-state index contributed by atoms with van der Waals surface area (Å²) in [5.74, 6) is 4.94. The summed E-state index contributed by atoms with van der Waals surface area (Å²) in [6.45, 7) is 0. The molecule has 0 saturated heterocycles. The first-order valence-corrected chi connectivity index (χ1v) is 4.36. The standard InChI is InChI=1S/C7H6F3IN2/c8-7(9,10)5-3-4(11)1-2-6(5)13-12/h1-3,13H,12H2. The van der Waals surface area contributed by atoms with Crippen LogP contribution in [0, 0.1) is 3.57 Å². The first-order chi connectivity index (χ1) is 5.95. The topological polar surface area (TPSA) is 38.0 Å². The SMILES string of the molecule is NNc1ccc(I)cc1C(F)(F)F. The summed E-state index contributed by atoms with van der Waals surface area (Å²) in [5, 5.41) is 0. The van der Waals surface area contributed by atoms with Crippen molar-refractivity contribution in [3.63, 3.8) is 0 Å². The normalized spacial score (nSPS) is 11.5. The number of alkyl halides is 3. The number of halogens is 4. The maximum absolute atomic E-state index is 12.3. The number of nitrogen functional groups attached to an aromatic ring is 1. The zero-order chi connectivity index (χ0) is 10.1. The number of rotatable bonds is 1. The zero-order valence-corrected chi connectivity index (χ0v) is 8.48. The fraction of sp³-hybridized carbons (Fsp3) is 0.143. The molecule has 0 aliphatic carbocycles. The van der Waals surface area contributed by atoms with E-state index in [0.29, 0.717) is 3.57 Å². The second-order valence-electron chi connectivity index (χ2n) is 2.33. The first kappa shape index (κ1) is 10.6. The van der Waals surface area contributed by atoms with E-state index >= 15 is 0 Å². The average Bonchev–Trinajstić information content (AvgIpc) is 2.03. The molecule has 0 saturated carbocycles. The van der Waals surface area contributed by atoms with E-state index in [9.17, 15) is 13.2 Å². The summed E-state index contributed by atoms with van der Waals surface area (Å²) in [7, 11) is 0. The number of anilines is 1. The largest absolute Gasteiger partial charge is 0.418 e. The van der Waals surface area contributed by atoms with Gasteiger partial charge in [-0.05, 0) is 40.8 Å². The Bertz CT molecular complexity index is 311. The third-order valence-electron chi connectivity index (χ3n) is 1.44. The molecule has 0 fully saturated rings. The van der Waals surface area contributed by atoms with E-state index in [1.54, 1.807) is 6.07 Å². The third kappa shape index (κ3) is 2.47. The minimum absolute atomic E-state index is 0.118. The van der Waals surface area contributed by atoms with Gasteiger partial charge in [-0.3, -0.25) is 5.84 Å². The monoisotopic (exact) mass is 302 g/mol. The van der Waals surface area contributed by atoms with Crippen molar-refractivity contribution in [2.24, 2.45) is 5.84 Å². The summed E-state index contributed by atoms with van der Waals surface area (Å²) in [6.07, 6.45) is -4.37. The maximum Gasteiger partial charge on any atom is 0.418 e. The molecular formula is C7H6F3IN2. The molecule has 0 aliphatic heterocycles. The Morgan fingerprint density at radius 2 is 1.92 bits per heavy atom. The van der Waals surface area contributed by atoms with E-state index < -0.39 is 11.7 Å². The minimum atomic E-state index is -4.37. The van der Waals surface area contributed by atoms with Gasteiger partial charge in [0.15, 0.2) is 0 Å². The highest BCUT2D eigenvalue weighted by Crippen LogP contribution is 2.35. The molecule has 0 bridgehead atoms. The van der Waals surface area contributed by atoms with Gasteiger partial charge < -0.3 is 5.43 Å². The molecule has 0 heterocycles. The molecule has 13 heavy (non-hydrogen) atoms. The van der Waals surface area contributed by atoms with Crippen LogP contribution >= 0.6 is 22.6 Å². The summed E-state index contributed by atoms with van der Waals surface area (Å²) in [6, 6.07) is 3.88. The Morgan fingerprint density at radius 3 is 2.38 bits per heavy atom. The summed E-state index contributed by atoms with van der Waals surface area (Å²) in [4.78, 5) is 0. The fourth-order valence-corrected chi connectivity index (χ4v) is 1.37. The van der Waals surface area contributed by atoms with E-state index in [-0.39, 0.29) is 5.69 Å². The van der Waals surface area contributed by atoms with Gasteiger partial charge in [0.1, 0.15) is 0 Å². The first-order valence-electron chi connectivity index (χ1n) is 3.28. The highest BCUT2D eigenvalue weighted by molar-refractivity contribution is 14.1. The lowest BCUT2D eigenvalue weighted by atomic mass is 10.2. The summed E-state index contributed by atoms with van der Waals surface area (Å²) >= 11 is 1.81. The smallest absolute Gasteiger partial charge is 0.324 e. The summed E-state index contributed by atoms with van der Waals surface area (Å²) in [5.41, 5.74) is 1.14. The predicted octanol–water partition coefficient (Wildman–Crippen LogP) is 2.60. The van der Waals surface area contributed by atoms with Crippen molar-refractivity contribution in [3.05, 3.63) is 27.3 Å². The molecule has 3 N–H and O–H groups in total. The second kappa shape index (κ2) is 3.70. The van der Waals surface area contributed by atoms with Crippen LogP contribution in [0.15, 0.2) is 18.2 Å². The van der Waals surface area contributed by atoms with E-state index in [1.165, 1.54) is 6.07 Å². The summed E-state index contributed by atoms with van der Waals surface area (Å²) < 4.78 is 37.5. The second-order valence-corrected chi connectivity index (χ2v) is 3.58. The van der Waals surface area contributed by atoms with Gasteiger partial charge in [-0.15, -0.1) is 0 Å². The molecule has 6 heteroatoms. The van der Waals surface area contributed by atoms with Gasteiger partial charge in [0.25, 0.3) is 0 Å². The Morgan fingerprint density at radius 1 is 1.31 bits per heavy atom. The van der Waals surface area contributed by atoms with E-state index in [2.05, 4.69) is 0 Å². The van der Waals surface area contributed by atoms with Crippen LogP contribution in [-0.2, 0) is 6.18 Å². The number of nitrogens with one attached hydrogen (secondary N) is 1. The van der Waals surface area contributed by atoms with Crippen LogP contribution in [0.25, 0.3) is 0 Å². The van der Waals surface area contributed by atoms with Crippen LogP contribution in [0.2, 0.25) is 0 Å². The third-order valence-corrected chi connectivity index (χ3v) is 2.11. The van der Waals surface area contributed by atoms with Crippen molar-refractivity contribution in [3.8, 4) is 0 Å². The van der Waals surface area contributed by atoms with Crippen molar-refractivity contribution in [1.29, 1.82) is 0 Å². The molecular weight excluding hydrogens is 296 g/mol. The lowest BCUT2D eigenvalue weighted by Gasteiger charge is -2.12. The van der Waals surface area contributed by atoms with Crippen LogP contribution < -0.4 is 11.3 Å². The molecule has 0 atom stereocenters. The van der Waals surface area contributed by atoms with Crippen LogP contribution in [0.3, 0.4) is 0 Å². The Hall–Kier alpha value is -0.500. The number of hydrazine groups is 1. The van der Waals surface area contributed by atoms with Crippen LogP contribution in [0.4, 0.5) is 18.9 Å². The molecule has 1 rings (SSSR count). The molecule has 2 nitrogen and oxygen atoms in total. The van der Waals surface area contributed by atoms with Gasteiger partial charge in [0, 0.05) is 3.57 Å². The van der Waals surface area contributed by atoms with Crippen LogP contribution in [-0.4, -0.2) is 0 Å². The molecule has 0 unspecified atom stereocenters. The predicted molar refractivity (Wildman–Crippen MR) is 52.0 cm³/mol. The lowest BCUT2D eigenvalue weighted by Crippen LogP contribution is -2.14. The van der Waals surface area contributed by atoms with Crippen molar-refractivity contribution in [2.75, 3.05) is 5.43 Å². The number of benzene rings is 1. The van der Waals surface area contributed by atoms with Crippen molar-refractivity contribution in [2.45, 2.75) is 6.18 Å². The number of hydrogen-bond acceptors (Lipinski definition) is 2. The van der Waals surface area contributed by atoms with Gasteiger partial charge >= 0.3 is 6.18 Å². The van der Waals surface area contributed by atoms with Crippen molar-refractivity contribution in [1.82, 2.24) is 0 Å². The van der Waals surface area contributed by atoms with E-state index in [4.69, 9.17) is 5.84 Å². The van der Waals surface area contributed by atoms with E-state index in [0.717, 1.165) is 6.07 Å². The molecule has 0 radical (unpaired) electrons. The molecule has 0 spiro atoms. The van der Waals surface area contributed by atoms with E-state index in [1.807, 2.05) is 28.0 Å². The molecule has 1 aromatic rings. The molecule has 0 aromatic heterocycles. The van der Waals surface area contributed by atoms with Crippen LogP contribution in [0.5, 0.6) is 0 Å². The van der Waals surface area contributed by atoms with Gasteiger partial charge in [-0.2, -0.15) is 13.2 Å². The Kier molecular flexibility index (Phi) is 3.01. The maximum atomic E-state index is 12.3. The van der Waals surface area contributed by atoms with Crippen molar-refractivity contribution < 1.29 is 13.2 Å². The molecule has 1 aromatic carbocycles. The average molecular weight is 302 g/mol. The van der Waals surface area contributed by atoms with Gasteiger partial charge in [0.05, 0.1) is 11.3 Å². The quantitative estimate of drug-likeness (QED) is 0.475. The fourth-order valence-electron chi connectivity index (χ4n) is 0.877. The molecule has 0 aliphatic rings. The van der Waals surface area contributed by atoms with Crippen LogP contribution in [0.1, 0.15) is 5.56 Å². The molecule has 0 amide bonds. The zero-order valence-electron chi connectivity index (χ0n) is 6.32. The molecule has 72 valence electrons. The highest BCUT2D eigenvalue weighted by atomic mass is 127. The lowest BCUT2D eigenvalue weighted by molar-refractivity contribution is -0.137. The van der Waals surface area contributed by atoms with Gasteiger partial charge in [-0.1, -0.05) is 0 Å². The Balaban J connectivity index is 3.24. The number of nitrogens with two attached hydrogens (primary N) is 1.